The number of aryl methyl sites for hydroxylation is 1. The molecule has 1 amide bonds. The maximum atomic E-state index is 11.7. The number of amides is 1. The van der Waals surface area contributed by atoms with Crippen LogP contribution in [0.3, 0.4) is 0 Å². The number of nitrogens with one attached hydrogen (secondary N) is 2. The molecule has 0 saturated carbocycles. The summed E-state index contributed by atoms with van der Waals surface area (Å²) in [4.78, 5) is 23.5. The minimum Gasteiger partial charge on any atom is -0.288 e. The first-order valence-electron chi connectivity index (χ1n) is 5.29. The normalized spacial score (nSPS) is 10.2. The lowest BCUT2D eigenvalue weighted by Crippen LogP contribution is -2.15. The molecule has 0 atom stereocenters. The number of hydrogen-bond acceptors (Lipinski definition) is 5. The first kappa shape index (κ1) is 11.2. The number of carbonyl (C=O) groups excluding carboxylic acids is 1. The third-order valence-corrected chi connectivity index (χ3v) is 2.01. The van der Waals surface area contributed by atoms with Crippen molar-refractivity contribution in [2.45, 2.75) is 19.8 Å². The predicted octanol–water partition coefficient (Wildman–Crippen LogP) is 0.799. The Morgan fingerprint density at radius 1 is 1.41 bits per heavy atom. The fraction of sp³-hybridized carbons (Fsp3) is 0.300. The quantitative estimate of drug-likeness (QED) is 0.812. The summed E-state index contributed by atoms with van der Waals surface area (Å²) < 4.78 is 0. The molecule has 0 aliphatic rings. The Morgan fingerprint density at radius 2 is 2.18 bits per heavy atom. The first-order chi connectivity index (χ1) is 8.29. The molecule has 7 nitrogen and oxygen atoms in total. The van der Waals surface area contributed by atoms with Gasteiger partial charge in [0.1, 0.15) is 5.82 Å². The number of nitrogens with zero attached hydrogens (tertiary/aromatic N) is 4. The molecular formula is C10H12N6O. The van der Waals surface area contributed by atoms with Crippen LogP contribution in [0.4, 0.5) is 5.95 Å². The van der Waals surface area contributed by atoms with Crippen LogP contribution in [0.1, 0.15) is 29.8 Å². The summed E-state index contributed by atoms with van der Waals surface area (Å²) in [5.74, 6) is 0.613. The molecule has 17 heavy (non-hydrogen) atoms. The van der Waals surface area contributed by atoms with E-state index in [0.29, 0.717) is 5.82 Å². The van der Waals surface area contributed by atoms with Gasteiger partial charge in [-0.15, -0.1) is 5.10 Å². The van der Waals surface area contributed by atoms with E-state index in [2.05, 4.69) is 30.5 Å². The summed E-state index contributed by atoms with van der Waals surface area (Å²) in [6.07, 6.45) is 4.80. The Kier molecular flexibility index (Phi) is 3.39. The molecule has 0 saturated heterocycles. The van der Waals surface area contributed by atoms with Crippen LogP contribution < -0.4 is 5.32 Å². The van der Waals surface area contributed by atoms with Gasteiger partial charge in [0, 0.05) is 18.8 Å². The zero-order valence-electron chi connectivity index (χ0n) is 9.34. The van der Waals surface area contributed by atoms with Crippen LogP contribution in [0.2, 0.25) is 0 Å². The Labute approximate surface area is 97.7 Å². The minimum absolute atomic E-state index is 0.0981. The molecule has 0 spiro atoms. The van der Waals surface area contributed by atoms with E-state index < -0.39 is 5.91 Å². The van der Waals surface area contributed by atoms with Crippen molar-refractivity contribution in [3.05, 3.63) is 30.1 Å². The van der Waals surface area contributed by atoms with Crippen molar-refractivity contribution in [3.63, 3.8) is 0 Å². The molecule has 88 valence electrons. The SMILES string of the molecule is CCCc1nc(C(=O)Nc2ncccn2)n[nH]1. The monoisotopic (exact) mass is 232 g/mol. The van der Waals surface area contributed by atoms with E-state index in [4.69, 9.17) is 0 Å². The molecule has 0 radical (unpaired) electrons. The topological polar surface area (TPSA) is 96.5 Å². The van der Waals surface area contributed by atoms with Crippen LogP contribution in [0, 0.1) is 0 Å². The number of H-pyrrole nitrogens is 1. The van der Waals surface area contributed by atoms with Gasteiger partial charge in [0.15, 0.2) is 0 Å². The fourth-order valence-electron chi connectivity index (χ4n) is 1.27. The average molecular weight is 232 g/mol. The third kappa shape index (κ3) is 2.83. The van der Waals surface area contributed by atoms with Crippen molar-refractivity contribution in [1.29, 1.82) is 0 Å². The number of anilines is 1. The van der Waals surface area contributed by atoms with Crippen LogP contribution in [0.15, 0.2) is 18.5 Å². The van der Waals surface area contributed by atoms with Gasteiger partial charge in [0.05, 0.1) is 0 Å². The van der Waals surface area contributed by atoms with E-state index in [0.717, 1.165) is 12.8 Å². The molecular weight excluding hydrogens is 220 g/mol. The van der Waals surface area contributed by atoms with Crippen molar-refractivity contribution >= 4 is 11.9 Å². The molecule has 2 aromatic heterocycles. The number of hydrogen-bond donors (Lipinski definition) is 2. The molecule has 2 N–H and O–H groups in total. The van der Waals surface area contributed by atoms with Crippen LogP contribution in [0.5, 0.6) is 0 Å². The van der Waals surface area contributed by atoms with Crippen molar-refractivity contribution in [2.75, 3.05) is 5.32 Å². The fourth-order valence-corrected chi connectivity index (χ4v) is 1.27. The van der Waals surface area contributed by atoms with Crippen LogP contribution in [-0.2, 0) is 6.42 Å². The average Bonchev–Trinajstić information content (AvgIpc) is 2.79. The van der Waals surface area contributed by atoms with Gasteiger partial charge in [-0.1, -0.05) is 6.92 Å². The van der Waals surface area contributed by atoms with Gasteiger partial charge >= 0.3 is 0 Å². The second kappa shape index (κ2) is 5.15. The van der Waals surface area contributed by atoms with Gasteiger partial charge < -0.3 is 0 Å². The van der Waals surface area contributed by atoms with E-state index in [1.54, 1.807) is 18.5 Å². The van der Waals surface area contributed by atoms with Gasteiger partial charge in [-0.05, 0) is 12.5 Å². The Morgan fingerprint density at radius 3 is 2.88 bits per heavy atom. The third-order valence-electron chi connectivity index (χ3n) is 2.01. The van der Waals surface area contributed by atoms with Crippen LogP contribution >= 0.6 is 0 Å². The lowest BCUT2D eigenvalue weighted by molar-refractivity contribution is 0.101. The van der Waals surface area contributed by atoms with E-state index >= 15 is 0 Å². The molecule has 0 aromatic carbocycles. The van der Waals surface area contributed by atoms with Crippen molar-refractivity contribution in [3.8, 4) is 0 Å². The largest absolute Gasteiger partial charge is 0.297 e. The molecule has 0 aliphatic carbocycles. The van der Waals surface area contributed by atoms with E-state index in [-0.39, 0.29) is 11.8 Å². The summed E-state index contributed by atoms with van der Waals surface area (Å²) in [5.41, 5.74) is 0. The number of aromatic nitrogens is 5. The highest BCUT2D eigenvalue weighted by Gasteiger charge is 2.13. The summed E-state index contributed by atoms with van der Waals surface area (Å²) in [7, 11) is 0. The summed E-state index contributed by atoms with van der Waals surface area (Å²) in [6.45, 7) is 2.03. The highest BCUT2D eigenvalue weighted by Crippen LogP contribution is 2.00. The number of aromatic amines is 1. The number of rotatable bonds is 4. The van der Waals surface area contributed by atoms with Gasteiger partial charge in [0.2, 0.25) is 11.8 Å². The summed E-state index contributed by atoms with van der Waals surface area (Å²) in [5, 5.41) is 9.05. The smallest absolute Gasteiger partial charge is 0.288 e. The molecule has 0 aliphatic heterocycles. The second-order valence-electron chi connectivity index (χ2n) is 3.38. The standard InChI is InChI=1S/C10H12N6O/c1-2-4-7-13-8(16-15-7)9(17)14-10-11-5-3-6-12-10/h3,5-6H,2,4H2,1H3,(H,13,15,16)(H,11,12,14,17). The predicted molar refractivity (Wildman–Crippen MR) is 60.4 cm³/mol. The first-order valence-corrected chi connectivity index (χ1v) is 5.29. The summed E-state index contributed by atoms with van der Waals surface area (Å²) in [6, 6.07) is 1.67. The maximum absolute atomic E-state index is 11.7. The van der Waals surface area contributed by atoms with Crippen molar-refractivity contribution in [2.24, 2.45) is 0 Å². The molecule has 0 fully saturated rings. The highest BCUT2D eigenvalue weighted by atomic mass is 16.2. The zero-order valence-corrected chi connectivity index (χ0v) is 9.34. The molecule has 2 aromatic rings. The molecule has 7 heteroatoms. The molecule has 2 rings (SSSR count). The van der Waals surface area contributed by atoms with E-state index in [9.17, 15) is 4.79 Å². The van der Waals surface area contributed by atoms with Crippen LogP contribution in [0.25, 0.3) is 0 Å². The zero-order chi connectivity index (χ0) is 12.1. The van der Waals surface area contributed by atoms with Crippen molar-refractivity contribution < 1.29 is 4.79 Å². The molecule has 0 bridgehead atoms. The van der Waals surface area contributed by atoms with Gasteiger partial charge in [-0.25, -0.2) is 15.0 Å². The summed E-state index contributed by atoms with van der Waals surface area (Å²) >= 11 is 0. The lowest BCUT2D eigenvalue weighted by atomic mass is 10.3. The lowest BCUT2D eigenvalue weighted by Gasteiger charge is -1.98. The molecule has 0 unspecified atom stereocenters. The minimum atomic E-state index is -0.421. The van der Waals surface area contributed by atoms with Crippen molar-refractivity contribution in [1.82, 2.24) is 25.1 Å². The van der Waals surface area contributed by atoms with Gasteiger partial charge in [-0.2, -0.15) is 0 Å². The Bertz CT molecular complexity index is 495. The van der Waals surface area contributed by atoms with E-state index in [1.807, 2.05) is 6.92 Å². The maximum Gasteiger partial charge on any atom is 0.297 e. The van der Waals surface area contributed by atoms with Gasteiger partial charge in [-0.3, -0.25) is 15.2 Å². The second-order valence-corrected chi connectivity index (χ2v) is 3.38. The number of carbonyl (C=O) groups is 1. The van der Waals surface area contributed by atoms with Crippen LogP contribution in [-0.4, -0.2) is 31.1 Å². The Hall–Kier alpha value is -2.31. The highest BCUT2D eigenvalue weighted by molar-refractivity contribution is 6.00. The molecule has 2 heterocycles. The van der Waals surface area contributed by atoms with E-state index in [1.165, 1.54) is 0 Å². The Balaban J connectivity index is 2.04. The van der Waals surface area contributed by atoms with Gasteiger partial charge in [0.25, 0.3) is 5.91 Å².